The zero-order valence-corrected chi connectivity index (χ0v) is 36.3. The number of hydrogen-bond acceptors (Lipinski definition) is 3. The van der Waals surface area contributed by atoms with Crippen LogP contribution in [-0.2, 0) is 13.3 Å². The molecular formula is C40H76O3Si3. The summed E-state index contributed by atoms with van der Waals surface area (Å²) in [7, 11) is -5.50. The average molecular weight is 689 g/mol. The van der Waals surface area contributed by atoms with Crippen molar-refractivity contribution in [3.8, 4) is 0 Å². The van der Waals surface area contributed by atoms with Crippen LogP contribution in [-0.4, -0.2) is 43.8 Å². The van der Waals surface area contributed by atoms with Gasteiger partial charge < -0.3 is 13.3 Å². The molecule has 0 aromatic carbocycles. The second-order valence-electron chi connectivity index (χ2n) is 18.9. The van der Waals surface area contributed by atoms with Crippen molar-refractivity contribution in [2.45, 2.75) is 188 Å². The van der Waals surface area contributed by atoms with Crippen molar-refractivity contribution in [2.75, 3.05) is 6.61 Å². The van der Waals surface area contributed by atoms with Crippen molar-refractivity contribution < 1.29 is 13.3 Å². The van der Waals surface area contributed by atoms with E-state index < -0.39 is 25.0 Å². The molecule has 0 saturated heterocycles. The molecule has 0 unspecified atom stereocenters. The van der Waals surface area contributed by atoms with Crippen LogP contribution in [0.4, 0.5) is 0 Å². The number of hydrogen-bond donors (Lipinski definition) is 0. The maximum Gasteiger partial charge on any atom is 0.192 e. The smallest absolute Gasteiger partial charge is 0.192 e. The molecule has 6 atom stereocenters. The first-order valence-electron chi connectivity index (χ1n) is 19.1. The minimum absolute atomic E-state index is 0.0347. The van der Waals surface area contributed by atoms with Gasteiger partial charge >= 0.3 is 0 Å². The number of allylic oxidation sites excluding steroid dienone is 3. The fourth-order valence-electron chi connectivity index (χ4n) is 8.38. The molecule has 0 radical (unpaired) electrons. The van der Waals surface area contributed by atoms with Crippen LogP contribution < -0.4 is 0 Å². The fraction of sp³-hybridized carbons (Fsp3) is 0.850. The van der Waals surface area contributed by atoms with Crippen LogP contribution >= 0.6 is 0 Å². The van der Waals surface area contributed by atoms with Crippen molar-refractivity contribution in [1.29, 1.82) is 0 Å². The molecule has 3 aliphatic carbocycles. The Hall–Kier alpha value is -0.249. The molecule has 0 N–H and O–H groups in total. The fourth-order valence-corrected chi connectivity index (χ4v) is 13.7. The summed E-state index contributed by atoms with van der Waals surface area (Å²) >= 11 is 0. The second kappa shape index (κ2) is 14.9. The molecule has 0 heterocycles. The first kappa shape index (κ1) is 40.2. The SMILES string of the molecule is C=C1[C@H](O[Si](C)(C)C(C)(C)C)CC(=C/C=C2\CCC[C@]3(C)[C@@H]([C@H](C)CO[Si](CC)(CC)CC)CC[C@@H]23)C[C@H]1O[Si](C)(C)C(C)(C)C. The third-order valence-corrected chi connectivity index (χ3v) is 27.7. The van der Waals surface area contributed by atoms with Gasteiger partial charge in [-0.3, -0.25) is 0 Å². The van der Waals surface area contributed by atoms with Crippen molar-refractivity contribution in [3.63, 3.8) is 0 Å². The summed E-state index contributed by atoms with van der Waals surface area (Å²) in [5.74, 6) is 2.09. The largest absolute Gasteiger partial charge is 0.417 e. The van der Waals surface area contributed by atoms with Gasteiger partial charge in [0.25, 0.3) is 0 Å². The molecule has 6 heteroatoms. The van der Waals surface area contributed by atoms with Crippen LogP contribution in [0.15, 0.2) is 35.5 Å². The Morgan fingerprint density at radius 1 is 0.848 bits per heavy atom. The molecular weight excluding hydrogens is 613 g/mol. The average Bonchev–Trinajstić information content (AvgIpc) is 3.31. The minimum Gasteiger partial charge on any atom is -0.417 e. The molecule has 3 aliphatic rings. The lowest BCUT2D eigenvalue weighted by molar-refractivity contribution is 0.0721. The summed E-state index contributed by atoms with van der Waals surface area (Å²) in [5, 5.41) is 0.320. The van der Waals surface area contributed by atoms with Gasteiger partial charge in [0.05, 0.1) is 12.2 Å². The first-order chi connectivity index (χ1) is 21.1. The van der Waals surface area contributed by atoms with Crippen LogP contribution in [0.2, 0.25) is 54.4 Å². The lowest BCUT2D eigenvalue weighted by Gasteiger charge is -2.46. The van der Waals surface area contributed by atoms with Crippen LogP contribution in [0.5, 0.6) is 0 Å². The molecule has 3 rings (SSSR count). The zero-order chi connectivity index (χ0) is 34.9. The Morgan fingerprint density at radius 3 is 1.80 bits per heavy atom. The summed E-state index contributed by atoms with van der Waals surface area (Å²) in [5.41, 5.74) is 4.74. The molecule has 0 spiro atoms. The number of fused-ring (bicyclic) bond motifs is 1. The summed E-state index contributed by atoms with van der Waals surface area (Å²) in [4.78, 5) is 0. The second-order valence-corrected chi connectivity index (χ2v) is 33.2. The molecule has 0 amide bonds. The zero-order valence-electron chi connectivity index (χ0n) is 33.3. The maximum atomic E-state index is 7.11. The summed E-state index contributed by atoms with van der Waals surface area (Å²) < 4.78 is 21.1. The molecule has 46 heavy (non-hydrogen) atoms. The monoisotopic (exact) mass is 689 g/mol. The van der Waals surface area contributed by atoms with Crippen LogP contribution in [0.1, 0.15) is 121 Å². The third kappa shape index (κ3) is 8.72. The van der Waals surface area contributed by atoms with Gasteiger partial charge in [-0.15, -0.1) is 0 Å². The van der Waals surface area contributed by atoms with E-state index in [0.717, 1.165) is 25.4 Å². The molecule has 3 fully saturated rings. The molecule has 0 bridgehead atoms. The van der Waals surface area contributed by atoms with Gasteiger partial charge in [0, 0.05) is 6.61 Å². The highest BCUT2D eigenvalue weighted by atomic mass is 28.4. The Balaban J connectivity index is 1.86. The minimum atomic E-state index is -1.97. The Morgan fingerprint density at radius 2 is 1.35 bits per heavy atom. The van der Waals surface area contributed by atoms with E-state index in [1.54, 1.807) is 5.57 Å². The van der Waals surface area contributed by atoms with Crippen LogP contribution in [0, 0.1) is 23.2 Å². The lowest BCUT2D eigenvalue weighted by atomic mass is 9.61. The van der Waals surface area contributed by atoms with E-state index in [2.05, 4.69) is 121 Å². The van der Waals surface area contributed by atoms with Crippen molar-refractivity contribution in [1.82, 2.24) is 0 Å². The van der Waals surface area contributed by atoms with E-state index in [1.165, 1.54) is 61.4 Å². The van der Waals surface area contributed by atoms with E-state index >= 15 is 0 Å². The van der Waals surface area contributed by atoms with Gasteiger partial charge in [-0.1, -0.05) is 106 Å². The van der Waals surface area contributed by atoms with Gasteiger partial charge in [0.15, 0.2) is 25.0 Å². The Bertz CT molecular complexity index is 1050. The predicted octanol–water partition coefficient (Wildman–Crippen LogP) is 12.8. The molecule has 0 aliphatic heterocycles. The number of rotatable bonds is 12. The predicted molar refractivity (Wildman–Crippen MR) is 209 cm³/mol. The van der Waals surface area contributed by atoms with Gasteiger partial charge in [0.1, 0.15) is 0 Å². The molecule has 3 saturated carbocycles. The topological polar surface area (TPSA) is 27.7 Å². The van der Waals surface area contributed by atoms with E-state index in [0.29, 0.717) is 17.3 Å². The molecule has 266 valence electrons. The molecule has 0 aromatic heterocycles. The normalized spacial score (nSPS) is 30.1. The van der Waals surface area contributed by atoms with E-state index in [1.807, 2.05) is 0 Å². The van der Waals surface area contributed by atoms with Gasteiger partial charge in [-0.25, -0.2) is 0 Å². The molecule has 3 nitrogen and oxygen atoms in total. The summed E-state index contributed by atoms with van der Waals surface area (Å²) in [6, 6.07) is 3.74. The summed E-state index contributed by atoms with van der Waals surface area (Å²) in [6.07, 6.45) is 13.6. The Kier molecular flexibility index (Phi) is 13.0. The first-order valence-corrected chi connectivity index (χ1v) is 27.5. The third-order valence-electron chi connectivity index (χ3n) is 14.1. The van der Waals surface area contributed by atoms with E-state index in [-0.39, 0.29) is 22.3 Å². The Labute approximate surface area is 290 Å². The van der Waals surface area contributed by atoms with E-state index in [9.17, 15) is 0 Å². The van der Waals surface area contributed by atoms with E-state index in [4.69, 9.17) is 13.3 Å². The quantitative estimate of drug-likeness (QED) is 0.151. The van der Waals surface area contributed by atoms with Gasteiger partial charge in [-0.05, 0) is 128 Å². The van der Waals surface area contributed by atoms with Crippen molar-refractivity contribution in [2.24, 2.45) is 23.2 Å². The highest BCUT2D eigenvalue weighted by molar-refractivity contribution is 6.74. The highest BCUT2D eigenvalue weighted by Gasteiger charge is 2.51. The maximum absolute atomic E-state index is 7.11. The van der Waals surface area contributed by atoms with Gasteiger partial charge in [-0.2, -0.15) is 0 Å². The van der Waals surface area contributed by atoms with Crippen LogP contribution in [0.3, 0.4) is 0 Å². The summed E-state index contributed by atoms with van der Waals surface area (Å²) in [6.45, 7) is 41.4. The lowest BCUT2D eigenvalue weighted by Crippen LogP contribution is -2.49. The van der Waals surface area contributed by atoms with Crippen molar-refractivity contribution >= 4 is 25.0 Å². The van der Waals surface area contributed by atoms with Gasteiger partial charge in [0.2, 0.25) is 0 Å². The van der Waals surface area contributed by atoms with Crippen LogP contribution in [0.25, 0.3) is 0 Å². The highest BCUT2D eigenvalue weighted by Crippen LogP contribution is 2.59. The molecule has 0 aromatic rings. The standard InChI is InChI=1S/C40H76O3Si3/c1-17-46(18-2,19-3)41-29-30(4)34-24-25-35-33(21-20-26-40(34,35)12)23-22-32-27-36(42-44(13,14)38(6,7)8)31(5)37(28-32)43-45(15,16)39(9,10)11/h22-23,30,34-37H,5,17-21,24-29H2,1-4,6-16H3/b33-23+/t30-,34-,35+,36-,37-,40-/m1/s1. The van der Waals surface area contributed by atoms with Crippen molar-refractivity contribution in [3.05, 3.63) is 35.5 Å².